The van der Waals surface area contributed by atoms with Gasteiger partial charge in [0.15, 0.2) is 0 Å². The van der Waals surface area contributed by atoms with Crippen LogP contribution in [0.15, 0.2) is 60.7 Å². The molecule has 0 saturated heterocycles. The van der Waals surface area contributed by atoms with Gasteiger partial charge >= 0.3 is 0 Å². The third-order valence-electron chi connectivity index (χ3n) is 3.54. The predicted molar refractivity (Wildman–Crippen MR) is 116 cm³/mol. The van der Waals surface area contributed by atoms with Gasteiger partial charge in [-0.05, 0) is 48.4 Å². The molecule has 0 spiro atoms. The molecule has 0 aliphatic heterocycles. The number of rotatable bonds is 0. The van der Waals surface area contributed by atoms with Gasteiger partial charge in [-0.15, -0.1) is 0 Å². The lowest BCUT2D eigenvalue weighted by Crippen LogP contribution is -1.83. The van der Waals surface area contributed by atoms with Gasteiger partial charge in [-0.3, -0.25) is 4.70 Å². The Labute approximate surface area is 158 Å². The van der Waals surface area contributed by atoms with Gasteiger partial charge in [0.25, 0.3) is 0 Å². The van der Waals surface area contributed by atoms with Gasteiger partial charge in [0.05, 0.1) is 0 Å². The maximum Gasteiger partial charge on any atom is 0.0327 e. The second kappa shape index (κ2) is 12.7. The lowest BCUT2D eigenvalue weighted by Gasteiger charge is -2.03. The number of hydrogen-bond donors (Lipinski definition) is 0. The molecule has 3 aromatic carbocycles. The van der Waals surface area contributed by atoms with Crippen molar-refractivity contribution < 1.29 is 4.70 Å². The van der Waals surface area contributed by atoms with E-state index < -0.39 is 0 Å². The van der Waals surface area contributed by atoms with E-state index in [-0.39, 0.29) is 4.70 Å². The summed E-state index contributed by atoms with van der Waals surface area (Å²) in [7, 11) is 0. The molecule has 0 unspecified atom stereocenters. The highest BCUT2D eigenvalue weighted by Crippen LogP contribution is 2.21. The second-order valence-corrected chi connectivity index (χ2v) is 5.80. The van der Waals surface area contributed by atoms with Crippen LogP contribution in [0.4, 0.5) is 4.70 Å². The average Bonchev–Trinajstić information content (AvgIpc) is 2.65. The van der Waals surface area contributed by atoms with Crippen LogP contribution in [0.3, 0.4) is 0 Å². The Bertz CT molecular complexity index is 833. The Morgan fingerprint density at radius 3 is 1.81 bits per heavy atom. The van der Waals surface area contributed by atoms with Gasteiger partial charge in [0.1, 0.15) is 0 Å². The number of benzene rings is 3. The van der Waals surface area contributed by atoms with Crippen molar-refractivity contribution in [3.05, 3.63) is 82.9 Å². The molecule has 3 rings (SSSR count). The van der Waals surface area contributed by atoms with Crippen LogP contribution >= 0.6 is 0 Å². The van der Waals surface area contributed by atoms with Crippen molar-refractivity contribution in [3.8, 4) is 11.8 Å². The molecule has 0 radical (unpaired) electrons. The van der Waals surface area contributed by atoms with Crippen LogP contribution in [-0.2, 0) is 0 Å². The van der Waals surface area contributed by atoms with Crippen LogP contribution in [0.2, 0.25) is 0 Å². The zero-order chi connectivity index (χ0) is 18.7. The van der Waals surface area contributed by atoms with Crippen LogP contribution in [0.25, 0.3) is 10.8 Å². The molecule has 0 atom stereocenters. The van der Waals surface area contributed by atoms with E-state index in [0.717, 1.165) is 11.1 Å². The summed E-state index contributed by atoms with van der Waals surface area (Å²) >= 11 is 0. The Kier molecular flexibility index (Phi) is 11.5. The molecular weight excluding hydrogens is 319 g/mol. The monoisotopic (exact) mass is 350 g/mol. The van der Waals surface area contributed by atoms with Gasteiger partial charge in [0, 0.05) is 11.1 Å². The third kappa shape index (κ3) is 6.73. The van der Waals surface area contributed by atoms with E-state index in [1.165, 1.54) is 28.3 Å². The summed E-state index contributed by atoms with van der Waals surface area (Å²) in [5.74, 6) is 6.55. The zero-order valence-electron chi connectivity index (χ0n) is 16.9. The van der Waals surface area contributed by atoms with Gasteiger partial charge in [-0.2, -0.15) is 0 Å². The fraction of sp³-hybridized carbons (Fsp3) is 0.280. The van der Waals surface area contributed by atoms with Crippen molar-refractivity contribution in [2.75, 3.05) is 0 Å². The summed E-state index contributed by atoms with van der Waals surface area (Å²) < 4.78 is 0. The van der Waals surface area contributed by atoms with Crippen molar-refractivity contribution in [1.82, 2.24) is 0 Å². The number of aryl methyl sites for hydroxylation is 2. The normalized spacial score (nSPS) is 8.69. The summed E-state index contributed by atoms with van der Waals surface area (Å²) in [5.41, 5.74) is 4.70. The smallest absolute Gasteiger partial charge is 0.0327 e. The van der Waals surface area contributed by atoms with Crippen LogP contribution in [-0.4, -0.2) is 0 Å². The topological polar surface area (TPSA) is 0 Å². The van der Waals surface area contributed by atoms with Crippen molar-refractivity contribution in [2.45, 2.75) is 48.0 Å². The molecular formula is C25H31F. The van der Waals surface area contributed by atoms with Crippen LogP contribution in [0.1, 0.15) is 56.4 Å². The minimum absolute atomic E-state index is 0. The molecule has 0 aliphatic rings. The van der Waals surface area contributed by atoms with Crippen LogP contribution in [0, 0.1) is 25.7 Å². The Morgan fingerprint density at radius 1 is 0.692 bits per heavy atom. The summed E-state index contributed by atoms with van der Waals surface area (Å²) in [4.78, 5) is 0. The summed E-state index contributed by atoms with van der Waals surface area (Å²) in [6.45, 7) is 12.5. The first kappa shape index (κ1) is 23.4. The molecule has 0 aliphatic carbocycles. The maximum atomic E-state index is 3.30. The van der Waals surface area contributed by atoms with Crippen molar-refractivity contribution in [3.63, 3.8) is 0 Å². The van der Waals surface area contributed by atoms with Gasteiger partial charge in [-0.25, -0.2) is 0 Å². The van der Waals surface area contributed by atoms with Gasteiger partial charge < -0.3 is 0 Å². The highest BCUT2D eigenvalue weighted by molar-refractivity contribution is 5.90. The lowest BCUT2D eigenvalue weighted by molar-refractivity contribution is 1.09. The first-order chi connectivity index (χ1) is 12.2. The van der Waals surface area contributed by atoms with E-state index in [0.29, 0.717) is 0 Å². The van der Waals surface area contributed by atoms with Gasteiger partial charge in [0.2, 0.25) is 0 Å². The standard InChI is InChI=1S/C20H16.C3H8.C2H6.FH/c1-15-7-10-17(11-8-15)12-14-18-13-9-16(2)19-5-3-4-6-20(18)19;1-3-2;1-2;/h3-11,13H,1-2H3;3H2,1-2H3;1-2H3;1H. The first-order valence-electron chi connectivity index (χ1n) is 9.22. The molecule has 0 aromatic heterocycles. The molecule has 0 amide bonds. The Balaban J connectivity index is 0.000000949. The zero-order valence-corrected chi connectivity index (χ0v) is 16.9. The maximum absolute atomic E-state index is 3.30. The average molecular weight is 351 g/mol. The molecule has 138 valence electrons. The summed E-state index contributed by atoms with van der Waals surface area (Å²) in [5, 5.41) is 2.51. The molecule has 3 aromatic rings. The van der Waals surface area contributed by atoms with Crippen molar-refractivity contribution >= 4 is 10.8 Å². The summed E-state index contributed by atoms with van der Waals surface area (Å²) in [6, 6.07) is 21.0. The van der Waals surface area contributed by atoms with E-state index in [1.807, 2.05) is 13.8 Å². The van der Waals surface area contributed by atoms with E-state index in [1.54, 1.807) is 0 Å². The summed E-state index contributed by atoms with van der Waals surface area (Å²) in [6.07, 6.45) is 1.25. The lowest BCUT2D eigenvalue weighted by atomic mass is 10.0. The van der Waals surface area contributed by atoms with E-state index in [2.05, 4.69) is 100 Å². The molecule has 26 heavy (non-hydrogen) atoms. The largest absolute Gasteiger partial charge is 0.269 e. The third-order valence-corrected chi connectivity index (χ3v) is 3.54. The molecule has 0 N–H and O–H groups in total. The molecule has 1 heteroatoms. The van der Waals surface area contributed by atoms with Crippen molar-refractivity contribution in [1.29, 1.82) is 0 Å². The Hall–Kier alpha value is -2.59. The fourth-order valence-electron chi connectivity index (χ4n) is 2.34. The number of hydrogen-bond acceptors (Lipinski definition) is 0. The van der Waals surface area contributed by atoms with E-state index in [9.17, 15) is 0 Å². The molecule has 0 saturated carbocycles. The highest BCUT2D eigenvalue weighted by Gasteiger charge is 2.00. The molecule has 0 bridgehead atoms. The number of halogens is 1. The minimum atomic E-state index is 0. The first-order valence-corrected chi connectivity index (χ1v) is 9.22. The fourth-order valence-corrected chi connectivity index (χ4v) is 2.34. The SMILES string of the molecule is CC.CCC.Cc1ccc(C#Cc2ccc(C)c3ccccc23)cc1.F. The molecule has 0 nitrogen and oxygen atoms in total. The second-order valence-electron chi connectivity index (χ2n) is 5.80. The molecule has 0 heterocycles. The van der Waals surface area contributed by atoms with Crippen LogP contribution < -0.4 is 0 Å². The minimum Gasteiger partial charge on any atom is -0.269 e. The number of fused-ring (bicyclic) bond motifs is 1. The highest BCUT2D eigenvalue weighted by atomic mass is 19.0. The van der Waals surface area contributed by atoms with E-state index in [4.69, 9.17) is 0 Å². The van der Waals surface area contributed by atoms with Gasteiger partial charge in [-0.1, -0.05) is 94.0 Å². The van der Waals surface area contributed by atoms with Crippen molar-refractivity contribution in [2.24, 2.45) is 0 Å². The van der Waals surface area contributed by atoms with E-state index >= 15 is 0 Å². The quantitative estimate of drug-likeness (QED) is 0.369. The Morgan fingerprint density at radius 2 is 1.23 bits per heavy atom. The predicted octanol–water partition coefficient (Wildman–Crippen LogP) is 7.45. The van der Waals surface area contributed by atoms with Crippen LogP contribution in [0.5, 0.6) is 0 Å². The molecule has 0 fully saturated rings.